The highest BCUT2D eigenvalue weighted by Gasteiger charge is 2.07. The van der Waals surface area contributed by atoms with E-state index in [0.717, 1.165) is 23.2 Å². The fraction of sp³-hybridized carbons (Fsp3) is 0.188. The van der Waals surface area contributed by atoms with Gasteiger partial charge in [0.2, 0.25) is 0 Å². The summed E-state index contributed by atoms with van der Waals surface area (Å²) in [7, 11) is 0. The van der Waals surface area contributed by atoms with Gasteiger partial charge in [-0.2, -0.15) is 0 Å². The van der Waals surface area contributed by atoms with E-state index < -0.39 is 0 Å². The van der Waals surface area contributed by atoms with Crippen LogP contribution in [0.15, 0.2) is 42.5 Å². The number of carbonyl (C=O) groups is 1. The van der Waals surface area contributed by atoms with Crippen LogP contribution in [0.1, 0.15) is 28.4 Å². The summed E-state index contributed by atoms with van der Waals surface area (Å²) in [5.41, 5.74) is 10.2. The van der Waals surface area contributed by atoms with E-state index in [1.807, 2.05) is 37.3 Å². The molecule has 3 nitrogen and oxygen atoms in total. The molecule has 0 heterocycles. The predicted molar refractivity (Wildman–Crippen MR) is 79.4 cm³/mol. The molecule has 0 aliphatic carbocycles. The molecule has 0 aliphatic heterocycles. The number of nitrogens with one attached hydrogen (secondary N) is 1. The molecule has 0 fully saturated rings. The Kier molecular flexibility index (Phi) is 3.85. The van der Waals surface area contributed by atoms with Crippen molar-refractivity contribution < 1.29 is 4.79 Å². The number of carbonyl (C=O) groups excluding carboxylic acids is 1. The van der Waals surface area contributed by atoms with E-state index in [1.165, 1.54) is 0 Å². The van der Waals surface area contributed by atoms with Crippen molar-refractivity contribution in [1.29, 1.82) is 0 Å². The molecule has 0 spiro atoms. The van der Waals surface area contributed by atoms with Crippen molar-refractivity contribution in [2.24, 2.45) is 0 Å². The average Bonchev–Trinajstić information content (AvgIpc) is 2.39. The highest BCUT2D eigenvalue weighted by molar-refractivity contribution is 6.04. The Balaban J connectivity index is 2.17. The van der Waals surface area contributed by atoms with Gasteiger partial charge in [-0.25, -0.2) is 0 Å². The van der Waals surface area contributed by atoms with Gasteiger partial charge in [0, 0.05) is 16.9 Å². The first-order valence-electron chi connectivity index (χ1n) is 6.36. The number of hydrogen-bond donors (Lipinski definition) is 2. The van der Waals surface area contributed by atoms with Gasteiger partial charge in [0.1, 0.15) is 0 Å². The molecule has 0 radical (unpaired) electrons. The molecule has 3 N–H and O–H groups in total. The Labute approximate surface area is 113 Å². The van der Waals surface area contributed by atoms with Gasteiger partial charge in [0.05, 0.1) is 0 Å². The van der Waals surface area contributed by atoms with Crippen LogP contribution in [-0.2, 0) is 6.42 Å². The topological polar surface area (TPSA) is 55.1 Å². The van der Waals surface area contributed by atoms with Crippen LogP contribution in [0.3, 0.4) is 0 Å². The van der Waals surface area contributed by atoms with Gasteiger partial charge in [-0.05, 0) is 43.2 Å². The van der Waals surface area contributed by atoms with Crippen molar-refractivity contribution in [3.05, 3.63) is 59.2 Å². The number of rotatable bonds is 3. The number of amides is 1. The van der Waals surface area contributed by atoms with Crippen molar-refractivity contribution in [2.75, 3.05) is 11.1 Å². The van der Waals surface area contributed by atoms with Gasteiger partial charge in [0.25, 0.3) is 5.91 Å². The lowest BCUT2D eigenvalue weighted by atomic mass is 10.1. The van der Waals surface area contributed by atoms with E-state index in [9.17, 15) is 4.79 Å². The maximum atomic E-state index is 12.1. The Morgan fingerprint density at radius 1 is 1.21 bits per heavy atom. The van der Waals surface area contributed by atoms with Crippen LogP contribution >= 0.6 is 0 Å². The highest BCUT2D eigenvalue weighted by atomic mass is 16.1. The monoisotopic (exact) mass is 254 g/mol. The number of nitrogen functional groups attached to an aromatic ring is 1. The molecule has 19 heavy (non-hydrogen) atoms. The molecule has 0 saturated heterocycles. The van der Waals surface area contributed by atoms with Gasteiger partial charge < -0.3 is 11.1 Å². The highest BCUT2D eigenvalue weighted by Crippen LogP contribution is 2.19. The summed E-state index contributed by atoms with van der Waals surface area (Å²) < 4.78 is 0. The number of nitrogens with two attached hydrogens (primary N) is 1. The molecule has 2 aromatic rings. The first kappa shape index (κ1) is 13.1. The molecule has 2 rings (SSSR count). The van der Waals surface area contributed by atoms with Crippen LogP contribution in [0.5, 0.6) is 0 Å². The fourth-order valence-corrected chi connectivity index (χ4v) is 1.98. The van der Waals surface area contributed by atoms with Gasteiger partial charge in [-0.15, -0.1) is 0 Å². The van der Waals surface area contributed by atoms with Crippen molar-refractivity contribution in [1.82, 2.24) is 0 Å². The van der Waals surface area contributed by atoms with Crippen molar-refractivity contribution in [3.63, 3.8) is 0 Å². The summed E-state index contributed by atoms with van der Waals surface area (Å²) in [4.78, 5) is 12.1. The maximum Gasteiger partial charge on any atom is 0.255 e. The molecular formula is C16H18N2O. The molecule has 0 saturated carbocycles. The van der Waals surface area contributed by atoms with Crippen molar-refractivity contribution in [3.8, 4) is 0 Å². The minimum absolute atomic E-state index is 0.118. The molecule has 0 aliphatic rings. The van der Waals surface area contributed by atoms with E-state index in [-0.39, 0.29) is 5.91 Å². The lowest BCUT2D eigenvalue weighted by molar-refractivity contribution is 0.102. The fourth-order valence-electron chi connectivity index (χ4n) is 1.98. The SMILES string of the molecule is CCc1ccc(NC(=O)c2cccc(C)c2)cc1N. The third-order valence-electron chi connectivity index (χ3n) is 3.06. The van der Waals surface area contributed by atoms with Crippen LogP contribution < -0.4 is 11.1 Å². The smallest absolute Gasteiger partial charge is 0.255 e. The zero-order chi connectivity index (χ0) is 13.8. The second kappa shape index (κ2) is 5.57. The minimum Gasteiger partial charge on any atom is -0.398 e. The summed E-state index contributed by atoms with van der Waals surface area (Å²) in [5.74, 6) is -0.118. The van der Waals surface area contributed by atoms with Gasteiger partial charge >= 0.3 is 0 Å². The van der Waals surface area contributed by atoms with Crippen LogP contribution in [0.25, 0.3) is 0 Å². The normalized spacial score (nSPS) is 10.2. The van der Waals surface area contributed by atoms with Crippen LogP contribution in [0.2, 0.25) is 0 Å². The molecule has 3 heteroatoms. The van der Waals surface area contributed by atoms with Crippen LogP contribution in [0.4, 0.5) is 11.4 Å². The molecule has 0 atom stereocenters. The summed E-state index contributed by atoms with van der Waals surface area (Å²) in [6.07, 6.45) is 0.887. The second-order valence-electron chi connectivity index (χ2n) is 4.59. The zero-order valence-electron chi connectivity index (χ0n) is 11.2. The molecule has 1 amide bonds. The molecular weight excluding hydrogens is 236 g/mol. The summed E-state index contributed by atoms with van der Waals surface area (Å²) in [6.45, 7) is 4.02. The summed E-state index contributed by atoms with van der Waals surface area (Å²) >= 11 is 0. The first-order valence-corrected chi connectivity index (χ1v) is 6.36. The average molecular weight is 254 g/mol. The lowest BCUT2D eigenvalue weighted by Gasteiger charge is -2.09. The van der Waals surface area contributed by atoms with E-state index in [0.29, 0.717) is 11.3 Å². The second-order valence-corrected chi connectivity index (χ2v) is 4.59. The van der Waals surface area contributed by atoms with Crippen LogP contribution in [0, 0.1) is 6.92 Å². The van der Waals surface area contributed by atoms with E-state index in [4.69, 9.17) is 5.73 Å². The molecule has 2 aromatic carbocycles. The maximum absolute atomic E-state index is 12.1. The quantitative estimate of drug-likeness (QED) is 0.825. The van der Waals surface area contributed by atoms with Gasteiger partial charge in [0.15, 0.2) is 0 Å². The summed E-state index contributed by atoms with van der Waals surface area (Å²) in [5, 5.41) is 2.86. The van der Waals surface area contributed by atoms with Crippen molar-refractivity contribution in [2.45, 2.75) is 20.3 Å². The number of anilines is 2. The Morgan fingerprint density at radius 2 is 2.00 bits per heavy atom. The predicted octanol–water partition coefficient (Wildman–Crippen LogP) is 3.39. The standard InChI is InChI=1S/C16H18N2O/c1-3-12-7-8-14(10-15(12)17)18-16(19)13-6-4-5-11(2)9-13/h4-10H,3,17H2,1-2H3,(H,18,19). The number of benzene rings is 2. The van der Waals surface area contributed by atoms with E-state index >= 15 is 0 Å². The lowest BCUT2D eigenvalue weighted by Crippen LogP contribution is -2.12. The molecule has 0 unspecified atom stereocenters. The Hall–Kier alpha value is -2.29. The van der Waals surface area contributed by atoms with Gasteiger partial charge in [-0.3, -0.25) is 4.79 Å². The van der Waals surface area contributed by atoms with Crippen molar-refractivity contribution >= 4 is 17.3 Å². The molecule has 0 aromatic heterocycles. The number of hydrogen-bond acceptors (Lipinski definition) is 2. The zero-order valence-corrected chi connectivity index (χ0v) is 11.2. The Morgan fingerprint density at radius 3 is 2.63 bits per heavy atom. The van der Waals surface area contributed by atoms with Gasteiger partial charge in [-0.1, -0.05) is 30.7 Å². The third kappa shape index (κ3) is 3.13. The molecule has 0 bridgehead atoms. The first-order chi connectivity index (χ1) is 9.10. The number of aryl methyl sites for hydroxylation is 2. The minimum atomic E-state index is -0.118. The summed E-state index contributed by atoms with van der Waals surface area (Å²) in [6, 6.07) is 13.1. The molecule has 98 valence electrons. The third-order valence-corrected chi connectivity index (χ3v) is 3.06. The largest absolute Gasteiger partial charge is 0.398 e. The van der Waals surface area contributed by atoms with E-state index in [2.05, 4.69) is 12.2 Å². The Bertz CT molecular complexity index is 605. The van der Waals surface area contributed by atoms with Crippen LogP contribution in [-0.4, -0.2) is 5.91 Å². The van der Waals surface area contributed by atoms with E-state index in [1.54, 1.807) is 12.1 Å².